The molecule has 4 aromatic rings. The molecule has 0 saturated carbocycles. The number of aromatic hydroxyl groups is 1. The monoisotopic (exact) mass is 565 g/mol. The van der Waals surface area contributed by atoms with Crippen LogP contribution in [0, 0.1) is 0 Å². The zero-order valence-corrected chi connectivity index (χ0v) is 22.1. The number of nitrogens with one attached hydrogen (secondary N) is 2. The summed E-state index contributed by atoms with van der Waals surface area (Å²) in [4.78, 5) is 37.9. The normalized spacial score (nSPS) is 11.6. The van der Waals surface area contributed by atoms with E-state index in [0.29, 0.717) is 5.56 Å². The third kappa shape index (κ3) is 6.20. The molecule has 0 saturated heterocycles. The first-order chi connectivity index (χ1) is 17.9. The second-order valence-electron chi connectivity index (χ2n) is 8.33. The number of carbonyl (C=O) groups is 3. The van der Waals surface area contributed by atoms with Crippen molar-refractivity contribution in [3.05, 3.63) is 90.1 Å². The molecule has 0 aliphatic carbocycles. The molecule has 1 atom stereocenters. The summed E-state index contributed by atoms with van der Waals surface area (Å²) in [5, 5.41) is 16.0. The molecule has 0 aliphatic rings. The van der Waals surface area contributed by atoms with Gasteiger partial charge in [-0.05, 0) is 0 Å². The van der Waals surface area contributed by atoms with Gasteiger partial charge in [-0.3, -0.25) is 0 Å². The number of rotatable bonds is 9. The summed E-state index contributed by atoms with van der Waals surface area (Å²) in [6, 6.07) is 20.8. The van der Waals surface area contributed by atoms with Gasteiger partial charge in [0, 0.05) is 0 Å². The fourth-order valence-corrected chi connectivity index (χ4v) is 6.30. The Morgan fingerprint density at radius 2 is 1.68 bits per heavy atom. The van der Waals surface area contributed by atoms with E-state index in [4.69, 9.17) is 4.74 Å². The van der Waals surface area contributed by atoms with Gasteiger partial charge >= 0.3 is 221 Å². The average Bonchev–Trinajstić information content (AvgIpc) is 3.25. The van der Waals surface area contributed by atoms with Gasteiger partial charge in [-0.1, -0.05) is 0 Å². The van der Waals surface area contributed by atoms with Crippen molar-refractivity contribution in [3.8, 4) is 5.75 Å². The molecule has 0 spiro atoms. The summed E-state index contributed by atoms with van der Waals surface area (Å²) in [7, 11) is 2.89. The maximum absolute atomic E-state index is 13.4. The van der Waals surface area contributed by atoms with E-state index in [0.717, 1.165) is 25.4 Å². The first-order valence-corrected chi connectivity index (χ1v) is 13.3. The molecule has 1 heterocycles. The Morgan fingerprint density at radius 1 is 0.973 bits per heavy atom. The summed E-state index contributed by atoms with van der Waals surface area (Å²) in [6.07, 6.45) is 2.19. The molecule has 190 valence electrons. The zero-order chi connectivity index (χ0) is 26.4. The Balaban J connectivity index is 1.60. The number of amides is 2. The van der Waals surface area contributed by atoms with E-state index in [1.54, 1.807) is 31.3 Å². The van der Waals surface area contributed by atoms with Crippen LogP contribution in [-0.2, 0) is 27.3 Å². The van der Waals surface area contributed by atoms with Crippen LogP contribution >= 0.6 is 0 Å². The molecule has 4 rings (SSSR count). The topological polar surface area (TPSA) is 110 Å². The van der Waals surface area contributed by atoms with Crippen LogP contribution in [0.25, 0.3) is 10.9 Å². The van der Waals surface area contributed by atoms with Crippen LogP contribution in [0.15, 0.2) is 79.0 Å². The molecule has 2 amide bonds. The average molecular weight is 565 g/mol. The summed E-state index contributed by atoms with van der Waals surface area (Å²) >= 11 is -0.251. The van der Waals surface area contributed by atoms with Gasteiger partial charge in [-0.15, -0.1) is 0 Å². The van der Waals surface area contributed by atoms with Gasteiger partial charge in [0.05, 0.1) is 0 Å². The minimum atomic E-state index is -0.892. The van der Waals surface area contributed by atoms with Gasteiger partial charge in [-0.25, -0.2) is 0 Å². The van der Waals surface area contributed by atoms with Gasteiger partial charge in [0.2, 0.25) is 0 Å². The quantitative estimate of drug-likeness (QED) is 0.210. The predicted octanol–water partition coefficient (Wildman–Crippen LogP) is 1.26. The van der Waals surface area contributed by atoms with Crippen LogP contribution in [-0.4, -0.2) is 62.6 Å². The second-order valence-corrected chi connectivity index (χ2v) is 10.6. The van der Waals surface area contributed by atoms with Crippen LogP contribution in [0.2, 0.25) is 0 Å². The molecule has 37 heavy (non-hydrogen) atoms. The van der Waals surface area contributed by atoms with Gasteiger partial charge < -0.3 is 0 Å². The Labute approximate surface area is 220 Å². The van der Waals surface area contributed by atoms with Crippen molar-refractivity contribution in [2.24, 2.45) is 0 Å². The van der Waals surface area contributed by atoms with Crippen molar-refractivity contribution in [2.75, 3.05) is 14.2 Å². The van der Waals surface area contributed by atoms with E-state index in [1.807, 2.05) is 47.2 Å². The number of phenolic OH excluding ortho intramolecular Hbond substituents is 1. The summed E-state index contributed by atoms with van der Waals surface area (Å²) in [5.74, 6) is -0.903. The van der Waals surface area contributed by atoms with Crippen molar-refractivity contribution in [1.29, 1.82) is 0 Å². The number of esters is 1. The van der Waals surface area contributed by atoms with Crippen LogP contribution in [0.1, 0.15) is 15.9 Å². The SMILES string of the molecule is CNC(=O)Cn1cc([Se]c2ccccc2C(=O)N[C@@H](Cc2ccc(O)cc2)C(=O)OC)c2ccccc21. The number of nitrogens with zero attached hydrogens (tertiary/aromatic N) is 1. The Hall–Kier alpha value is -4.07. The summed E-state index contributed by atoms with van der Waals surface area (Å²) in [6.45, 7) is 0.202. The number of hydrogen-bond acceptors (Lipinski definition) is 5. The Morgan fingerprint density at radius 3 is 2.41 bits per heavy atom. The molecule has 3 aromatic carbocycles. The molecule has 3 N–H and O–H groups in total. The fourth-order valence-electron chi connectivity index (χ4n) is 3.96. The van der Waals surface area contributed by atoms with Crippen LogP contribution < -0.4 is 19.6 Å². The summed E-state index contributed by atoms with van der Waals surface area (Å²) in [5.41, 5.74) is 2.20. The molecule has 0 aliphatic heterocycles. The maximum atomic E-state index is 13.4. The molecule has 9 heteroatoms. The van der Waals surface area contributed by atoms with Crippen molar-refractivity contribution in [3.63, 3.8) is 0 Å². The second kappa shape index (κ2) is 11.8. The fraction of sp³-hybridized carbons (Fsp3) is 0.179. The van der Waals surface area contributed by atoms with Crippen LogP contribution in [0.5, 0.6) is 5.75 Å². The van der Waals surface area contributed by atoms with Gasteiger partial charge in [0.25, 0.3) is 0 Å². The molecule has 0 bridgehead atoms. The molecular formula is C28H27N3O5Se. The molecule has 0 unspecified atom stereocenters. The van der Waals surface area contributed by atoms with Crippen LogP contribution in [0.4, 0.5) is 0 Å². The first kappa shape index (κ1) is 26.0. The van der Waals surface area contributed by atoms with Crippen molar-refractivity contribution in [1.82, 2.24) is 15.2 Å². The molecule has 0 radical (unpaired) electrons. The Bertz CT molecular complexity index is 1430. The standard InChI is InChI=1S/C28H27N3O5Se/c1-29-26(33)17-31-16-25(20-7-3-5-9-23(20)31)37-24-10-6-4-8-21(24)27(34)30-22(28(35)36-2)15-18-11-13-19(32)14-12-18/h3-14,16,22,32H,15,17H2,1-2H3,(H,29,33)(H,30,34)/t22-/m0/s1. The molecule has 0 fully saturated rings. The van der Waals surface area contributed by atoms with Crippen molar-refractivity contribution < 1.29 is 24.2 Å². The summed E-state index contributed by atoms with van der Waals surface area (Å²) < 4.78 is 8.74. The first-order valence-electron chi connectivity index (χ1n) is 11.6. The number of ether oxygens (including phenoxy) is 1. The Kier molecular flexibility index (Phi) is 8.28. The van der Waals surface area contributed by atoms with Gasteiger partial charge in [0.15, 0.2) is 0 Å². The van der Waals surface area contributed by atoms with Gasteiger partial charge in [0.1, 0.15) is 0 Å². The molecular weight excluding hydrogens is 537 g/mol. The van der Waals surface area contributed by atoms with Crippen molar-refractivity contribution in [2.45, 2.75) is 19.0 Å². The minimum absolute atomic E-state index is 0.0953. The van der Waals surface area contributed by atoms with Crippen LogP contribution in [0.3, 0.4) is 0 Å². The number of likely N-dealkylation sites (N-methyl/N-ethyl adjacent to an activating group) is 1. The number of para-hydroxylation sites is 1. The predicted molar refractivity (Wildman–Crippen MR) is 143 cm³/mol. The number of fused-ring (bicyclic) bond motifs is 1. The van der Waals surface area contributed by atoms with Crippen molar-refractivity contribution >= 4 is 52.6 Å². The van der Waals surface area contributed by atoms with E-state index in [1.165, 1.54) is 19.2 Å². The number of aromatic nitrogens is 1. The number of carbonyl (C=O) groups excluding carboxylic acids is 3. The number of methoxy groups -OCH3 is 1. The number of benzene rings is 3. The number of hydrogen-bond donors (Lipinski definition) is 3. The molecule has 8 nitrogen and oxygen atoms in total. The van der Waals surface area contributed by atoms with E-state index < -0.39 is 12.0 Å². The molecule has 1 aromatic heterocycles. The van der Waals surface area contributed by atoms with E-state index in [-0.39, 0.29) is 45.5 Å². The zero-order valence-electron chi connectivity index (χ0n) is 20.4. The number of phenols is 1. The van der Waals surface area contributed by atoms with E-state index in [9.17, 15) is 19.5 Å². The third-order valence-corrected chi connectivity index (χ3v) is 8.22. The van der Waals surface area contributed by atoms with Gasteiger partial charge in [-0.2, -0.15) is 0 Å². The van der Waals surface area contributed by atoms with E-state index >= 15 is 0 Å². The van der Waals surface area contributed by atoms with E-state index in [2.05, 4.69) is 10.6 Å². The third-order valence-electron chi connectivity index (χ3n) is 5.86.